The van der Waals surface area contributed by atoms with Crippen LogP contribution in [0.4, 0.5) is 10.1 Å². The predicted octanol–water partition coefficient (Wildman–Crippen LogP) is 3.70. The number of rotatable bonds is 3. The summed E-state index contributed by atoms with van der Waals surface area (Å²) in [5.74, 6) is 0.274. The molecule has 1 aromatic rings. The minimum atomic E-state index is -0.375. The lowest BCUT2D eigenvalue weighted by Gasteiger charge is -2.35. The number of oxime groups is 1. The molecule has 1 aliphatic rings. The first kappa shape index (κ1) is 16.1. The molecule has 2 rings (SSSR count). The van der Waals surface area contributed by atoms with Crippen LogP contribution in [0, 0.1) is 11.7 Å². The molecular weight excluding hydrogens is 337 g/mol. The summed E-state index contributed by atoms with van der Waals surface area (Å²) >= 11 is 3.20. The van der Waals surface area contributed by atoms with Crippen LogP contribution in [-0.4, -0.2) is 24.1 Å². The van der Waals surface area contributed by atoms with Crippen molar-refractivity contribution in [2.45, 2.75) is 38.6 Å². The molecule has 6 heteroatoms. The van der Waals surface area contributed by atoms with E-state index in [0.29, 0.717) is 17.3 Å². The van der Waals surface area contributed by atoms with Crippen LogP contribution >= 0.6 is 15.9 Å². The molecule has 3 N–H and O–H groups in total. The summed E-state index contributed by atoms with van der Waals surface area (Å²) < 4.78 is 14.8. The molecule has 4 nitrogen and oxygen atoms in total. The van der Waals surface area contributed by atoms with E-state index in [2.05, 4.69) is 28.0 Å². The maximum Gasteiger partial charge on any atom is 0.171 e. The highest BCUT2D eigenvalue weighted by molar-refractivity contribution is 9.10. The standard InChI is InChI=1S/C15H21BrFN3O/c1-9-3-5-10(6-4-9)20(2)12-8-7-11(15(18)19-21)13(16)14(12)17/h7-10,21H,3-6H2,1-2H3,(H2,18,19). The Balaban J connectivity index is 2.26. The summed E-state index contributed by atoms with van der Waals surface area (Å²) in [5.41, 5.74) is 6.43. The zero-order chi connectivity index (χ0) is 15.6. The van der Waals surface area contributed by atoms with Gasteiger partial charge in [-0.3, -0.25) is 0 Å². The van der Waals surface area contributed by atoms with E-state index in [1.54, 1.807) is 12.1 Å². The van der Waals surface area contributed by atoms with Crippen molar-refractivity contribution in [3.8, 4) is 0 Å². The maximum absolute atomic E-state index is 14.6. The zero-order valence-electron chi connectivity index (χ0n) is 12.3. The maximum atomic E-state index is 14.6. The summed E-state index contributed by atoms with van der Waals surface area (Å²) in [4.78, 5) is 2.00. The third kappa shape index (κ3) is 3.31. The fraction of sp³-hybridized carbons (Fsp3) is 0.533. The molecular formula is C15H21BrFN3O. The summed E-state index contributed by atoms with van der Waals surface area (Å²) in [6.07, 6.45) is 4.52. The van der Waals surface area contributed by atoms with E-state index in [1.165, 1.54) is 12.8 Å². The van der Waals surface area contributed by atoms with Crippen LogP contribution in [0.5, 0.6) is 0 Å². The van der Waals surface area contributed by atoms with Gasteiger partial charge in [0, 0.05) is 18.7 Å². The van der Waals surface area contributed by atoms with Crippen molar-refractivity contribution in [1.82, 2.24) is 0 Å². The average Bonchev–Trinajstić information content (AvgIpc) is 2.49. The molecule has 0 heterocycles. The van der Waals surface area contributed by atoms with E-state index in [-0.39, 0.29) is 16.1 Å². The zero-order valence-corrected chi connectivity index (χ0v) is 13.9. The Hall–Kier alpha value is -1.30. The van der Waals surface area contributed by atoms with Gasteiger partial charge in [-0.15, -0.1) is 0 Å². The molecule has 0 atom stereocenters. The SMILES string of the molecule is CC1CCC(N(C)c2ccc(/C(N)=N/O)c(Br)c2F)CC1. The lowest BCUT2D eigenvalue weighted by molar-refractivity contribution is 0.318. The largest absolute Gasteiger partial charge is 0.409 e. The molecule has 1 aromatic carbocycles. The average molecular weight is 358 g/mol. The quantitative estimate of drug-likeness (QED) is 0.375. The van der Waals surface area contributed by atoms with Crippen molar-refractivity contribution in [2.24, 2.45) is 16.8 Å². The van der Waals surface area contributed by atoms with E-state index >= 15 is 0 Å². The number of nitrogens with zero attached hydrogens (tertiary/aromatic N) is 2. The number of halogens is 2. The van der Waals surface area contributed by atoms with Crippen LogP contribution in [0.25, 0.3) is 0 Å². The molecule has 1 saturated carbocycles. The molecule has 0 saturated heterocycles. The van der Waals surface area contributed by atoms with Crippen molar-refractivity contribution in [1.29, 1.82) is 0 Å². The third-order valence-electron chi connectivity index (χ3n) is 4.36. The highest BCUT2D eigenvalue weighted by atomic mass is 79.9. The molecule has 0 radical (unpaired) electrons. The molecule has 1 fully saturated rings. The first-order valence-corrected chi connectivity index (χ1v) is 7.93. The van der Waals surface area contributed by atoms with Gasteiger partial charge >= 0.3 is 0 Å². The molecule has 0 bridgehead atoms. The molecule has 0 spiro atoms. The van der Waals surface area contributed by atoms with Crippen LogP contribution in [0.3, 0.4) is 0 Å². The van der Waals surface area contributed by atoms with Gasteiger partial charge in [0.15, 0.2) is 11.7 Å². The first-order chi connectivity index (χ1) is 9.95. The Morgan fingerprint density at radius 1 is 1.38 bits per heavy atom. The van der Waals surface area contributed by atoms with Crippen molar-refractivity contribution in [2.75, 3.05) is 11.9 Å². The molecule has 0 amide bonds. The molecule has 0 aliphatic heterocycles. The summed E-state index contributed by atoms with van der Waals surface area (Å²) in [5, 5.41) is 11.6. The van der Waals surface area contributed by atoms with Gasteiger partial charge < -0.3 is 15.8 Å². The second-order valence-electron chi connectivity index (χ2n) is 5.77. The van der Waals surface area contributed by atoms with Crippen LogP contribution in [-0.2, 0) is 0 Å². The van der Waals surface area contributed by atoms with Crippen molar-refractivity contribution in [3.05, 3.63) is 28.0 Å². The number of anilines is 1. The lowest BCUT2D eigenvalue weighted by atomic mass is 9.86. The Bertz CT molecular complexity index is 542. The minimum absolute atomic E-state index is 0.110. The second-order valence-corrected chi connectivity index (χ2v) is 6.56. The van der Waals surface area contributed by atoms with Crippen LogP contribution in [0.2, 0.25) is 0 Å². The Morgan fingerprint density at radius 3 is 2.57 bits per heavy atom. The molecule has 116 valence electrons. The smallest absolute Gasteiger partial charge is 0.171 e. The Morgan fingerprint density at radius 2 is 2.00 bits per heavy atom. The normalized spacial score (nSPS) is 23.1. The third-order valence-corrected chi connectivity index (χ3v) is 5.13. The molecule has 0 aromatic heterocycles. The molecule has 1 aliphatic carbocycles. The van der Waals surface area contributed by atoms with Gasteiger partial charge in [0.25, 0.3) is 0 Å². The van der Waals surface area contributed by atoms with Crippen molar-refractivity contribution in [3.63, 3.8) is 0 Å². The van der Waals surface area contributed by atoms with Gasteiger partial charge in [-0.25, -0.2) is 4.39 Å². The van der Waals surface area contributed by atoms with E-state index in [1.807, 2.05) is 11.9 Å². The lowest BCUT2D eigenvalue weighted by Crippen LogP contribution is -2.35. The summed E-state index contributed by atoms with van der Waals surface area (Å²) in [7, 11) is 1.93. The van der Waals surface area contributed by atoms with E-state index in [0.717, 1.165) is 18.8 Å². The van der Waals surface area contributed by atoms with Gasteiger partial charge in [-0.2, -0.15) is 0 Å². The van der Waals surface area contributed by atoms with Gasteiger partial charge in [0.1, 0.15) is 0 Å². The highest BCUT2D eigenvalue weighted by Crippen LogP contribution is 2.34. The van der Waals surface area contributed by atoms with E-state index in [4.69, 9.17) is 10.9 Å². The van der Waals surface area contributed by atoms with E-state index in [9.17, 15) is 4.39 Å². The first-order valence-electron chi connectivity index (χ1n) is 7.14. The molecule has 21 heavy (non-hydrogen) atoms. The number of benzene rings is 1. The van der Waals surface area contributed by atoms with Gasteiger partial charge in [-0.1, -0.05) is 12.1 Å². The fourth-order valence-corrected chi connectivity index (χ4v) is 3.43. The summed E-state index contributed by atoms with van der Waals surface area (Å²) in [6.45, 7) is 2.26. The number of nitrogens with two attached hydrogens (primary N) is 1. The predicted molar refractivity (Wildman–Crippen MR) is 86.4 cm³/mol. The van der Waals surface area contributed by atoms with Gasteiger partial charge in [0.2, 0.25) is 0 Å². The summed E-state index contributed by atoms with van der Waals surface area (Å²) in [6, 6.07) is 3.71. The van der Waals surface area contributed by atoms with Gasteiger partial charge in [-0.05, 0) is 59.7 Å². The molecule has 0 unspecified atom stereocenters. The topological polar surface area (TPSA) is 61.8 Å². The van der Waals surface area contributed by atoms with Crippen molar-refractivity contribution < 1.29 is 9.60 Å². The Kier molecular flexibility index (Phi) is 5.08. The Labute approximate surface area is 132 Å². The highest BCUT2D eigenvalue weighted by Gasteiger charge is 2.25. The minimum Gasteiger partial charge on any atom is -0.409 e. The van der Waals surface area contributed by atoms with E-state index < -0.39 is 0 Å². The number of amidine groups is 1. The monoisotopic (exact) mass is 357 g/mol. The van der Waals surface area contributed by atoms with Crippen LogP contribution < -0.4 is 10.6 Å². The fourth-order valence-electron chi connectivity index (χ4n) is 2.89. The number of hydrogen-bond acceptors (Lipinski definition) is 3. The number of hydrogen-bond donors (Lipinski definition) is 2. The van der Waals surface area contributed by atoms with Gasteiger partial charge in [0.05, 0.1) is 10.2 Å². The van der Waals surface area contributed by atoms with Crippen molar-refractivity contribution >= 4 is 27.5 Å². The van der Waals surface area contributed by atoms with Crippen LogP contribution in [0.1, 0.15) is 38.2 Å². The second kappa shape index (κ2) is 6.64. The van der Waals surface area contributed by atoms with Crippen LogP contribution in [0.15, 0.2) is 21.8 Å².